The fourth-order valence-corrected chi connectivity index (χ4v) is 224. The minimum absolute atomic E-state index is 0.00725. The summed E-state index contributed by atoms with van der Waals surface area (Å²) in [5.41, 5.74) is 0. The predicted octanol–water partition coefficient (Wildman–Crippen LogP) is 5.51. The first-order valence-electron chi connectivity index (χ1n) is 8.50. The van der Waals surface area contributed by atoms with E-state index in [2.05, 4.69) is 86.8 Å². The molecule has 0 aliphatic carbocycles. The molecule has 0 amide bonds. The van der Waals surface area contributed by atoms with Crippen molar-refractivity contribution >= 4 is 63.1 Å². The molecule has 7 heteroatoms. The van der Waals surface area contributed by atoms with Crippen LogP contribution in [0.3, 0.4) is 0 Å². The Bertz CT molecular complexity index is 341. The van der Waals surface area contributed by atoms with Crippen LogP contribution in [0.2, 0.25) is 86.8 Å². The number of hydrogen-bond donors (Lipinski definition) is 0. The fraction of sp³-hybridized carbons (Fsp3) is 1.00. The summed E-state index contributed by atoms with van der Waals surface area (Å²) in [6, 6.07) is 0. The van der Waals surface area contributed by atoms with Crippen LogP contribution in [0.25, 0.3) is 0 Å². The van der Waals surface area contributed by atoms with Crippen LogP contribution in [0.4, 0.5) is 0 Å². The number of hydrogen-bond acceptors (Lipinski definition) is 0. The topological polar surface area (TPSA) is 0 Å². The molecule has 1 saturated heterocycles. The Morgan fingerprint density at radius 3 is 0.905 bits per heavy atom. The molecule has 1 rings (SSSR count). The van der Waals surface area contributed by atoms with E-state index in [1.54, 1.807) is 0 Å². The second-order valence-corrected chi connectivity index (χ2v) is 87.3. The molecule has 0 aromatic rings. The van der Waals surface area contributed by atoms with E-state index in [1.165, 1.54) is 0 Å². The molecule has 0 spiro atoms. The SMILES string of the molecule is C[Si]1[Si](C)(C)[Si](C)(C)[Si](C)(C)[Si](C)(C)[Si]1(C)C.[CH3][Sn]([CH3])[CH3]. The summed E-state index contributed by atoms with van der Waals surface area (Å²) in [5.74, 6) is 0. The molecule has 1 fully saturated rings. The van der Waals surface area contributed by atoms with Gasteiger partial charge in [-0.1, -0.05) is 72.0 Å². The van der Waals surface area contributed by atoms with Gasteiger partial charge in [-0.05, 0) is 0 Å². The average Bonchev–Trinajstić information content (AvgIpc) is 2.24. The van der Waals surface area contributed by atoms with Gasteiger partial charge in [0.1, 0.15) is 0 Å². The van der Waals surface area contributed by atoms with Crippen LogP contribution < -0.4 is 0 Å². The van der Waals surface area contributed by atoms with Gasteiger partial charge in [0.15, 0.2) is 0 Å². The first kappa shape index (κ1) is 23.1. The van der Waals surface area contributed by atoms with Gasteiger partial charge in [-0.3, -0.25) is 0 Å². The van der Waals surface area contributed by atoms with Gasteiger partial charge in [0.2, 0.25) is 0 Å². The van der Waals surface area contributed by atoms with Crippen LogP contribution >= 0.6 is 0 Å². The average molecular weight is 498 g/mol. The van der Waals surface area contributed by atoms with E-state index in [-0.39, 0.29) is 7.83 Å². The van der Waals surface area contributed by atoms with Gasteiger partial charge in [0.05, 0.1) is 0 Å². The molecule has 0 aromatic heterocycles. The standard InChI is InChI=1S/C11H33Si6.3CH3.Sn/c1-12-13(2,3)15(6,7)17(10,11)16(8,9)14(12,4)5;;;;/h1-11H3;3*1H3;. The molecule has 1 heterocycles. The van der Waals surface area contributed by atoms with Gasteiger partial charge in [-0.15, -0.1) is 0 Å². The van der Waals surface area contributed by atoms with E-state index in [0.29, 0.717) is 0 Å². The Kier molecular flexibility index (Phi) is 7.46. The molecule has 0 unspecified atom stereocenters. The summed E-state index contributed by atoms with van der Waals surface area (Å²) in [6.07, 6.45) is 0. The Morgan fingerprint density at radius 2 is 0.714 bits per heavy atom. The molecule has 1 aliphatic rings. The molecule has 0 saturated carbocycles. The Hall–Kier alpha value is 2.10. The van der Waals surface area contributed by atoms with E-state index in [9.17, 15) is 0 Å². The first-order chi connectivity index (χ1) is 8.89. The minimum atomic E-state index is -0.932. The van der Waals surface area contributed by atoms with Crippen molar-refractivity contribution in [1.82, 2.24) is 0 Å². The number of rotatable bonds is 0. The molecular weight excluding hydrogens is 455 g/mol. The first-order valence-corrected chi connectivity index (χ1v) is 40.1. The molecule has 0 atom stereocenters. The van der Waals surface area contributed by atoms with Gasteiger partial charge in [-0.25, -0.2) is 0 Å². The van der Waals surface area contributed by atoms with Crippen LogP contribution in [0.5, 0.6) is 0 Å². The van der Waals surface area contributed by atoms with Crippen molar-refractivity contribution in [2.24, 2.45) is 0 Å². The summed E-state index contributed by atoms with van der Waals surface area (Å²) in [4.78, 5) is 7.09. The third-order valence-corrected chi connectivity index (χ3v) is 150. The quantitative estimate of drug-likeness (QED) is 0.387. The normalized spacial score (nSPS) is 28.7. The summed E-state index contributed by atoms with van der Waals surface area (Å²) in [7, 11) is -4.52. The summed E-state index contributed by atoms with van der Waals surface area (Å²) >= 11 is -0.543. The van der Waals surface area contributed by atoms with Gasteiger partial charge in [-0.2, -0.15) is 0 Å². The van der Waals surface area contributed by atoms with Crippen molar-refractivity contribution in [3.05, 3.63) is 0 Å². The monoisotopic (exact) mass is 498 g/mol. The van der Waals surface area contributed by atoms with Crippen molar-refractivity contribution in [3.8, 4) is 0 Å². The van der Waals surface area contributed by atoms with Crippen LogP contribution in [-0.2, 0) is 0 Å². The maximum absolute atomic E-state index is 2.82. The molecule has 1 aliphatic heterocycles. The summed E-state index contributed by atoms with van der Waals surface area (Å²) in [5, 5.41) is 0. The van der Waals surface area contributed by atoms with Gasteiger partial charge < -0.3 is 0 Å². The van der Waals surface area contributed by atoms with E-state index >= 15 is 0 Å². The van der Waals surface area contributed by atoms with Crippen molar-refractivity contribution in [3.63, 3.8) is 0 Å². The Labute approximate surface area is 149 Å². The molecule has 126 valence electrons. The van der Waals surface area contributed by atoms with E-state index in [1.807, 2.05) is 0 Å². The Balaban J connectivity index is 0.000000885. The molecule has 0 aromatic carbocycles. The van der Waals surface area contributed by atoms with Gasteiger partial charge in [0, 0.05) is 43.4 Å². The van der Waals surface area contributed by atoms with Crippen LogP contribution in [-0.4, -0.2) is 63.1 Å². The van der Waals surface area contributed by atoms with Crippen molar-refractivity contribution < 1.29 is 0 Å². The summed E-state index contributed by atoms with van der Waals surface area (Å²) in [6.45, 7) is 30.9. The van der Waals surface area contributed by atoms with Gasteiger partial charge >= 0.3 is 34.6 Å². The maximum atomic E-state index is 2.82. The fourth-order valence-electron chi connectivity index (χ4n) is 4.06. The molecular formula is C14H42Si6Sn. The van der Waals surface area contributed by atoms with E-state index < -0.39 is 55.3 Å². The van der Waals surface area contributed by atoms with Crippen LogP contribution in [0.15, 0.2) is 0 Å². The predicted molar refractivity (Wildman–Crippen MR) is 122 cm³/mol. The third kappa shape index (κ3) is 3.56. The molecule has 21 heavy (non-hydrogen) atoms. The Morgan fingerprint density at radius 1 is 0.524 bits per heavy atom. The second kappa shape index (κ2) is 6.78. The van der Waals surface area contributed by atoms with E-state index in [4.69, 9.17) is 0 Å². The zero-order valence-corrected chi connectivity index (χ0v) is 26.4. The molecule has 0 N–H and O–H groups in total. The van der Waals surface area contributed by atoms with Crippen LogP contribution in [0.1, 0.15) is 0 Å². The van der Waals surface area contributed by atoms with Crippen molar-refractivity contribution in [2.75, 3.05) is 0 Å². The summed E-state index contributed by atoms with van der Waals surface area (Å²) < 4.78 is 0. The van der Waals surface area contributed by atoms with Crippen molar-refractivity contribution in [1.29, 1.82) is 0 Å². The van der Waals surface area contributed by atoms with E-state index in [0.717, 1.165) is 0 Å². The van der Waals surface area contributed by atoms with Crippen molar-refractivity contribution in [2.45, 2.75) is 86.8 Å². The molecule has 0 bridgehead atoms. The van der Waals surface area contributed by atoms with Gasteiger partial charge in [0.25, 0.3) is 0 Å². The zero-order valence-electron chi connectivity index (χ0n) is 17.5. The third-order valence-electron chi connectivity index (χ3n) is 8.12. The van der Waals surface area contributed by atoms with Crippen LogP contribution in [0, 0.1) is 0 Å². The second-order valence-electron chi connectivity index (χ2n) is 10.2. The molecule has 2 radical (unpaired) electrons. The zero-order chi connectivity index (χ0) is 17.7. The molecule has 0 nitrogen and oxygen atoms in total.